The number of benzene rings is 1. The predicted octanol–water partition coefficient (Wildman–Crippen LogP) is 8.46. The van der Waals surface area contributed by atoms with Crippen LogP contribution in [0.3, 0.4) is 0 Å². The Labute approximate surface area is 225 Å². The first-order valence-corrected chi connectivity index (χ1v) is 15.6. The van der Waals surface area contributed by atoms with Crippen LogP contribution in [0.1, 0.15) is 116 Å². The summed E-state index contributed by atoms with van der Waals surface area (Å²) in [5, 5.41) is 0. The van der Waals surface area contributed by atoms with Crippen molar-refractivity contribution in [2.24, 2.45) is 46.3 Å². The summed E-state index contributed by atoms with van der Waals surface area (Å²) in [4.78, 5) is 12.8. The lowest BCUT2D eigenvalue weighted by Crippen LogP contribution is -2.59. The van der Waals surface area contributed by atoms with E-state index in [9.17, 15) is 4.79 Å². The zero-order valence-corrected chi connectivity index (χ0v) is 24.0. The van der Waals surface area contributed by atoms with Crippen LogP contribution in [-0.2, 0) is 9.47 Å². The minimum absolute atomic E-state index is 0.0495. The summed E-state index contributed by atoms with van der Waals surface area (Å²) in [5.41, 5.74) is 1.60. The third-order valence-corrected chi connectivity index (χ3v) is 12.5. The molecule has 37 heavy (non-hydrogen) atoms. The topological polar surface area (TPSA) is 38.8 Å². The molecule has 1 aromatic rings. The minimum atomic E-state index is -0.157. The molecule has 0 bridgehead atoms. The van der Waals surface area contributed by atoms with Gasteiger partial charge in [-0.2, -0.15) is 0 Å². The number of carbonyl (C=O) groups is 1. The number of fused-ring (bicyclic) bond motifs is 3. The highest BCUT2D eigenvalue weighted by Gasteiger charge is 2.78. The monoisotopic (exact) mass is 506 g/mol. The molecule has 3 nitrogen and oxygen atoms in total. The van der Waals surface area contributed by atoms with Gasteiger partial charge in [0.15, 0.2) is 0 Å². The molecule has 6 rings (SSSR count). The summed E-state index contributed by atoms with van der Waals surface area (Å²) in [5.74, 6) is 4.40. The summed E-state index contributed by atoms with van der Waals surface area (Å²) in [7, 11) is 0. The first-order chi connectivity index (χ1) is 17.7. The SMILES string of the molecule is CC(C)CCC[C@@H](C)[C@H]1CC[C@@H]2[C@]1(C)CC[C@@H]1[C@@]3(C)CC[C@H](OC(=O)c4ccccc4)C[C@H]3C[C@@H]3O[C@@]312. The quantitative estimate of drug-likeness (QED) is 0.275. The molecule has 4 aliphatic carbocycles. The second kappa shape index (κ2) is 9.39. The van der Waals surface area contributed by atoms with Crippen LogP contribution in [-0.4, -0.2) is 23.8 Å². The van der Waals surface area contributed by atoms with Gasteiger partial charge in [-0.15, -0.1) is 0 Å². The number of esters is 1. The van der Waals surface area contributed by atoms with E-state index >= 15 is 0 Å². The average Bonchev–Trinajstić information content (AvgIpc) is 3.45. The summed E-state index contributed by atoms with van der Waals surface area (Å²) in [6, 6.07) is 9.50. The third-order valence-electron chi connectivity index (χ3n) is 12.5. The number of ether oxygens (including phenoxy) is 2. The van der Waals surface area contributed by atoms with Crippen LogP contribution in [0.4, 0.5) is 0 Å². The Kier molecular flexibility index (Phi) is 6.57. The molecule has 0 aromatic heterocycles. The number of epoxide rings is 1. The first-order valence-electron chi connectivity index (χ1n) is 15.6. The van der Waals surface area contributed by atoms with Gasteiger partial charge in [0.1, 0.15) is 11.7 Å². The molecule has 0 unspecified atom stereocenters. The molecule has 5 fully saturated rings. The maximum absolute atomic E-state index is 12.8. The van der Waals surface area contributed by atoms with Crippen molar-refractivity contribution in [2.75, 3.05) is 0 Å². The van der Waals surface area contributed by atoms with Crippen LogP contribution in [0.2, 0.25) is 0 Å². The van der Waals surface area contributed by atoms with E-state index in [0.29, 0.717) is 34.3 Å². The number of carbonyl (C=O) groups excluding carboxylic acids is 1. The molecule has 1 saturated heterocycles. The highest BCUT2D eigenvalue weighted by atomic mass is 16.6. The van der Waals surface area contributed by atoms with Crippen molar-refractivity contribution in [3.63, 3.8) is 0 Å². The van der Waals surface area contributed by atoms with Gasteiger partial charge in [-0.25, -0.2) is 4.79 Å². The van der Waals surface area contributed by atoms with Gasteiger partial charge >= 0.3 is 5.97 Å². The van der Waals surface area contributed by atoms with Crippen molar-refractivity contribution in [3.05, 3.63) is 35.9 Å². The lowest BCUT2D eigenvalue weighted by molar-refractivity contribution is -0.119. The first kappa shape index (κ1) is 25.9. The van der Waals surface area contributed by atoms with E-state index in [0.717, 1.165) is 36.5 Å². The molecule has 3 heteroatoms. The lowest BCUT2D eigenvalue weighted by atomic mass is 9.44. The second-order valence-electron chi connectivity index (χ2n) is 14.7. The molecule has 0 N–H and O–H groups in total. The van der Waals surface area contributed by atoms with Crippen LogP contribution in [0.25, 0.3) is 0 Å². The van der Waals surface area contributed by atoms with E-state index < -0.39 is 0 Å². The Morgan fingerprint density at radius 2 is 1.68 bits per heavy atom. The Balaban J connectivity index is 1.14. The van der Waals surface area contributed by atoms with Crippen molar-refractivity contribution in [1.82, 2.24) is 0 Å². The van der Waals surface area contributed by atoms with Crippen molar-refractivity contribution in [1.29, 1.82) is 0 Å². The number of hydrogen-bond acceptors (Lipinski definition) is 3. The summed E-state index contributed by atoms with van der Waals surface area (Å²) in [6.07, 6.45) is 14.5. The Bertz CT molecular complexity index is 988. The molecule has 5 aliphatic rings. The molecule has 4 saturated carbocycles. The number of rotatable bonds is 7. The van der Waals surface area contributed by atoms with Gasteiger partial charge in [-0.05, 0) is 110 Å². The normalized spacial score (nSPS) is 44.8. The molecule has 204 valence electrons. The Morgan fingerprint density at radius 3 is 2.43 bits per heavy atom. The second-order valence-corrected chi connectivity index (χ2v) is 14.7. The molecule has 1 aromatic carbocycles. The summed E-state index contributed by atoms with van der Waals surface area (Å²) in [6.45, 7) is 12.5. The predicted molar refractivity (Wildman–Crippen MR) is 148 cm³/mol. The van der Waals surface area contributed by atoms with Crippen LogP contribution >= 0.6 is 0 Å². The van der Waals surface area contributed by atoms with Gasteiger partial charge in [0.2, 0.25) is 0 Å². The van der Waals surface area contributed by atoms with Crippen molar-refractivity contribution >= 4 is 5.97 Å². The van der Waals surface area contributed by atoms with Crippen LogP contribution < -0.4 is 0 Å². The van der Waals surface area contributed by atoms with Gasteiger partial charge in [0.05, 0.1) is 11.7 Å². The largest absolute Gasteiger partial charge is 0.459 e. The zero-order valence-electron chi connectivity index (χ0n) is 24.0. The zero-order chi connectivity index (χ0) is 26.0. The van der Waals surface area contributed by atoms with Gasteiger partial charge < -0.3 is 9.47 Å². The van der Waals surface area contributed by atoms with Crippen molar-refractivity contribution in [3.8, 4) is 0 Å². The highest BCUT2D eigenvalue weighted by molar-refractivity contribution is 5.89. The standard InChI is InChI=1S/C34H50O3/c1-22(2)10-9-11-23(3)27-14-15-28-33(27,5)19-17-29-32(4)18-16-26(20-25(32)21-30-34(28,29)37-30)36-31(35)24-12-7-6-8-13-24/h6-8,12-13,22-23,25-30H,9-11,14-21H2,1-5H3/t23-,25+,26+,27-,28-,29-,30+,32+,33-,34-/m1/s1. The van der Waals surface area contributed by atoms with E-state index in [-0.39, 0.29) is 17.7 Å². The smallest absolute Gasteiger partial charge is 0.338 e. The molecular weight excluding hydrogens is 456 g/mol. The summed E-state index contributed by atoms with van der Waals surface area (Å²) < 4.78 is 13.0. The van der Waals surface area contributed by atoms with E-state index in [2.05, 4.69) is 34.6 Å². The molecule has 0 amide bonds. The third kappa shape index (κ3) is 4.12. The van der Waals surface area contributed by atoms with E-state index in [1.54, 1.807) is 0 Å². The molecule has 0 radical (unpaired) electrons. The lowest BCUT2D eigenvalue weighted by Gasteiger charge is -2.59. The van der Waals surface area contributed by atoms with Gasteiger partial charge in [-0.1, -0.05) is 72.1 Å². The van der Waals surface area contributed by atoms with Crippen LogP contribution in [0, 0.1) is 46.3 Å². The van der Waals surface area contributed by atoms with Crippen LogP contribution in [0.5, 0.6) is 0 Å². The van der Waals surface area contributed by atoms with E-state index in [1.807, 2.05) is 30.3 Å². The Morgan fingerprint density at radius 1 is 0.946 bits per heavy atom. The minimum Gasteiger partial charge on any atom is -0.459 e. The van der Waals surface area contributed by atoms with Gasteiger partial charge in [0.25, 0.3) is 0 Å². The van der Waals surface area contributed by atoms with Crippen molar-refractivity contribution < 1.29 is 14.3 Å². The molecule has 1 spiro atoms. The molecule has 1 aliphatic heterocycles. The maximum Gasteiger partial charge on any atom is 0.338 e. The number of hydrogen-bond donors (Lipinski definition) is 0. The Hall–Kier alpha value is -1.35. The average molecular weight is 507 g/mol. The maximum atomic E-state index is 12.8. The van der Waals surface area contributed by atoms with Crippen LogP contribution in [0.15, 0.2) is 30.3 Å². The highest BCUT2D eigenvalue weighted by Crippen LogP contribution is 2.76. The fourth-order valence-electron chi connectivity index (χ4n) is 10.5. The van der Waals surface area contributed by atoms with E-state index in [1.165, 1.54) is 57.8 Å². The summed E-state index contributed by atoms with van der Waals surface area (Å²) >= 11 is 0. The van der Waals surface area contributed by atoms with E-state index in [4.69, 9.17) is 9.47 Å². The fourth-order valence-corrected chi connectivity index (χ4v) is 10.5. The van der Waals surface area contributed by atoms with Gasteiger partial charge in [0, 0.05) is 0 Å². The van der Waals surface area contributed by atoms with Crippen molar-refractivity contribution in [2.45, 2.75) is 123 Å². The van der Waals surface area contributed by atoms with Gasteiger partial charge in [-0.3, -0.25) is 0 Å². The fraction of sp³-hybridized carbons (Fsp3) is 0.794. The molecule has 10 atom stereocenters. The molecular formula is C34H50O3. The molecule has 1 heterocycles.